The Bertz CT molecular complexity index is 572. The average Bonchev–Trinajstić information content (AvgIpc) is 2.48. The first-order valence-electron chi connectivity index (χ1n) is 7.64. The van der Waals surface area contributed by atoms with Crippen LogP contribution in [-0.4, -0.2) is 11.2 Å². The summed E-state index contributed by atoms with van der Waals surface area (Å²) in [6.07, 6.45) is 4.57. The lowest BCUT2D eigenvalue weighted by Crippen LogP contribution is -1.96. The number of aromatic nitrogens is 1. The predicted octanol–water partition coefficient (Wildman–Crippen LogP) is 5.27. The minimum absolute atomic E-state index is 0.478. The van der Waals surface area contributed by atoms with Gasteiger partial charge in [0.25, 0.3) is 0 Å². The summed E-state index contributed by atoms with van der Waals surface area (Å²) in [5, 5.41) is 0. The van der Waals surface area contributed by atoms with Crippen LogP contribution in [0, 0.1) is 0 Å². The van der Waals surface area contributed by atoms with Crippen LogP contribution >= 0.6 is 0 Å². The van der Waals surface area contributed by atoms with Crippen molar-refractivity contribution in [3.05, 3.63) is 59.4 Å². The normalized spacial score (nSPS) is 11.7. The van der Waals surface area contributed by atoms with Crippen molar-refractivity contribution < 1.29 is 0 Å². The van der Waals surface area contributed by atoms with Gasteiger partial charge >= 0.3 is 0 Å². The van der Waals surface area contributed by atoms with Gasteiger partial charge in [0, 0.05) is 24.5 Å². The molecule has 0 saturated carbocycles. The molecule has 0 saturated heterocycles. The second-order valence-electron chi connectivity index (χ2n) is 5.93. The second kappa shape index (κ2) is 7.16. The Hall–Kier alpha value is -1.96. The SMILES string of the molecule is CC(C)c1cccc(C(C)C)c1N=CCc1ccccn1. The highest BCUT2D eigenvalue weighted by molar-refractivity contribution is 5.69. The summed E-state index contributed by atoms with van der Waals surface area (Å²) in [4.78, 5) is 9.11. The second-order valence-corrected chi connectivity index (χ2v) is 5.93. The van der Waals surface area contributed by atoms with Gasteiger partial charge in [-0.05, 0) is 35.1 Å². The Balaban J connectivity index is 2.29. The molecule has 0 spiro atoms. The molecule has 0 aliphatic heterocycles. The molecule has 0 aliphatic carbocycles. The molecular weight excluding hydrogens is 256 g/mol. The first kappa shape index (κ1) is 15.4. The van der Waals surface area contributed by atoms with E-state index in [1.165, 1.54) is 11.1 Å². The van der Waals surface area contributed by atoms with Crippen molar-refractivity contribution in [2.24, 2.45) is 4.99 Å². The van der Waals surface area contributed by atoms with E-state index in [1.807, 2.05) is 30.6 Å². The van der Waals surface area contributed by atoms with Crippen molar-refractivity contribution in [1.82, 2.24) is 4.98 Å². The summed E-state index contributed by atoms with van der Waals surface area (Å²) in [6.45, 7) is 8.88. The van der Waals surface area contributed by atoms with Crippen LogP contribution < -0.4 is 0 Å². The van der Waals surface area contributed by atoms with E-state index in [2.05, 4.69) is 50.9 Å². The third-order valence-corrected chi connectivity index (χ3v) is 3.59. The first-order chi connectivity index (χ1) is 10.1. The molecule has 21 heavy (non-hydrogen) atoms. The summed E-state index contributed by atoms with van der Waals surface area (Å²) >= 11 is 0. The number of hydrogen-bond acceptors (Lipinski definition) is 2. The topological polar surface area (TPSA) is 25.2 Å². The Labute approximate surface area is 128 Å². The Morgan fingerprint density at radius 1 is 0.952 bits per heavy atom. The van der Waals surface area contributed by atoms with Crippen molar-refractivity contribution in [3.63, 3.8) is 0 Å². The Morgan fingerprint density at radius 3 is 2.14 bits per heavy atom. The molecule has 0 fully saturated rings. The maximum absolute atomic E-state index is 4.78. The Morgan fingerprint density at radius 2 is 1.62 bits per heavy atom. The molecule has 2 nitrogen and oxygen atoms in total. The zero-order valence-corrected chi connectivity index (χ0v) is 13.4. The number of hydrogen-bond donors (Lipinski definition) is 0. The zero-order chi connectivity index (χ0) is 15.2. The van der Waals surface area contributed by atoms with E-state index in [0.717, 1.165) is 17.8 Å². The largest absolute Gasteiger partial charge is 0.261 e. The van der Waals surface area contributed by atoms with Gasteiger partial charge in [-0.3, -0.25) is 9.98 Å². The van der Waals surface area contributed by atoms with Gasteiger partial charge in [0.05, 0.1) is 5.69 Å². The summed E-state index contributed by atoms with van der Waals surface area (Å²) in [5.74, 6) is 0.955. The molecule has 2 rings (SSSR count). The number of para-hydroxylation sites is 1. The summed E-state index contributed by atoms with van der Waals surface area (Å²) < 4.78 is 0. The molecular formula is C19H24N2. The molecule has 1 heterocycles. The van der Waals surface area contributed by atoms with Crippen molar-refractivity contribution in [2.45, 2.75) is 46.0 Å². The predicted molar refractivity (Wildman–Crippen MR) is 90.7 cm³/mol. The summed E-state index contributed by atoms with van der Waals surface area (Å²) in [7, 11) is 0. The third kappa shape index (κ3) is 4.01. The van der Waals surface area contributed by atoms with Crippen molar-refractivity contribution in [1.29, 1.82) is 0 Å². The zero-order valence-electron chi connectivity index (χ0n) is 13.4. The van der Waals surface area contributed by atoms with Crippen molar-refractivity contribution in [3.8, 4) is 0 Å². The quantitative estimate of drug-likeness (QED) is 0.685. The lowest BCUT2D eigenvalue weighted by Gasteiger charge is -2.16. The summed E-state index contributed by atoms with van der Waals surface area (Å²) in [5.41, 5.74) is 4.82. The third-order valence-electron chi connectivity index (χ3n) is 3.59. The molecule has 2 heteroatoms. The molecule has 0 N–H and O–H groups in total. The fourth-order valence-corrected chi connectivity index (χ4v) is 2.41. The molecule has 2 aromatic rings. The molecule has 0 unspecified atom stereocenters. The molecule has 1 aromatic heterocycles. The van der Waals surface area contributed by atoms with Gasteiger partial charge in [0.15, 0.2) is 0 Å². The van der Waals surface area contributed by atoms with Gasteiger partial charge in [-0.2, -0.15) is 0 Å². The molecule has 0 bridgehead atoms. The van der Waals surface area contributed by atoms with Crippen LogP contribution in [0.15, 0.2) is 47.6 Å². The molecule has 0 aliphatic rings. The lowest BCUT2D eigenvalue weighted by atomic mass is 9.93. The molecule has 0 radical (unpaired) electrons. The minimum Gasteiger partial charge on any atom is -0.261 e. The van der Waals surface area contributed by atoms with Crippen molar-refractivity contribution in [2.75, 3.05) is 0 Å². The van der Waals surface area contributed by atoms with Crippen LogP contribution in [0.1, 0.15) is 56.4 Å². The van der Waals surface area contributed by atoms with Crippen LogP contribution in [0.3, 0.4) is 0 Å². The van der Waals surface area contributed by atoms with E-state index >= 15 is 0 Å². The maximum atomic E-state index is 4.78. The van der Waals surface area contributed by atoms with Crippen LogP contribution in [0.25, 0.3) is 0 Å². The lowest BCUT2D eigenvalue weighted by molar-refractivity contribution is 0.835. The molecule has 0 atom stereocenters. The Kier molecular flexibility index (Phi) is 5.26. The van der Waals surface area contributed by atoms with Crippen LogP contribution in [0.5, 0.6) is 0 Å². The van der Waals surface area contributed by atoms with E-state index in [0.29, 0.717) is 11.8 Å². The standard InChI is InChI=1S/C19H24N2/c1-14(2)17-9-7-10-18(15(3)4)19(17)21-13-11-16-8-5-6-12-20-16/h5-10,12-15H,11H2,1-4H3. The first-order valence-corrected chi connectivity index (χ1v) is 7.64. The molecule has 1 aromatic carbocycles. The van der Waals surface area contributed by atoms with E-state index < -0.39 is 0 Å². The molecule has 0 amide bonds. The number of pyridine rings is 1. The maximum Gasteiger partial charge on any atom is 0.0694 e. The fourth-order valence-electron chi connectivity index (χ4n) is 2.41. The monoisotopic (exact) mass is 280 g/mol. The average molecular weight is 280 g/mol. The minimum atomic E-state index is 0.478. The van der Waals surface area contributed by atoms with E-state index in [4.69, 9.17) is 4.99 Å². The highest BCUT2D eigenvalue weighted by Crippen LogP contribution is 2.34. The molecule has 110 valence electrons. The smallest absolute Gasteiger partial charge is 0.0694 e. The van der Waals surface area contributed by atoms with Crippen LogP contribution in [-0.2, 0) is 6.42 Å². The highest BCUT2D eigenvalue weighted by atomic mass is 14.7. The number of benzene rings is 1. The van der Waals surface area contributed by atoms with Gasteiger partial charge in [-0.25, -0.2) is 0 Å². The van der Waals surface area contributed by atoms with Gasteiger partial charge in [0.2, 0.25) is 0 Å². The van der Waals surface area contributed by atoms with Gasteiger partial charge in [0.1, 0.15) is 0 Å². The fraction of sp³-hybridized carbons (Fsp3) is 0.368. The number of nitrogens with zero attached hydrogens (tertiary/aromatic N) is 2. The van der Waals surface area contributed by atoms with E-state index in [9.17, 15) is 0 Å². The highest BCUT2D eigenvalue weighted by Gasteiger charge is 2.12. The van der Waals surface area contributed by atoms with E-state index in [-0.39, 0.29) is 0 Å². The summed E-state index contributed by atoms with van der Waals surface area (Å²) in [6, 6.07) is 12.5. The van der Waals surface area contributed by atoms with Gasteiger partial charge in [-0.1, -0.05) is 52.0 Å². The van der Waals surface area contributed by atoms with Crippen LogP contribution in [0.4, 0.5) is 5.69 Å². The van der Waals surface area contributed by atoms with Gasteiger partial charge < -0.3 is 0 Å². The number of aliphatic imine (C=N–C) groups is 1. The van der Waals surface area contributed by atoms with Gasteiger partial charge in [-0.15, -0.1) is 0 Å². The van der Waals surface area contributed by atoms with Crippen molar-refractivity contribution >= 4 is 11.9 Å². The van der Waals surface area contributed by atoms with E-state index in [1.54, 1.807) is 0 Å². The number of rotatable bonds is 5. The van der Waals surface area contributed by atoms with Crippen LogP contribution in [0.2, 0.25) is 0 Å².